The van der Waals surface area contributed by atoms with E-state index in [-0.39, 0.29) is 44.7 Å². The van der Waals surface area contributed by atoms with E-state index in [0.29, 0.717) is 11.1 Å². The van der Waals surface area contributed by atoms with Crippen molar-refractivity contribution in [1.29, 1.82) is 0 Å². The molecule has 0 saturated carbocycles. The average Bonchev–Trinajstić information content (AvgIpc) is 3.15. The summed E-state index contributed by atoms with van der Waals surface area (Å²) >= 11 is 0. The lowest BCUT2D eigenvalue weighted by Gasteiger charge is -2.26. The highest BCUT2D eigenvalue weighted by Crippen LogP contribution is 2.33. The number of phenolic OH excluding ortho intramolecular Hbond substituents is 2. The van der Waals surface area contributed by atoms with Crippen molar-refractivity contribution in [2.24, 2.45) is 0 Å². The van der Waals surface area contributed by atoms with Crippen LogP contribution in [-0.4, -0.2) is 60.5 Å². The van der Waals surface area contributed by atoms with Crippen LogP contribution in [0.1, 0.15) is 76.8 Å². The molecule has 0 atom stereocenters. The van der Waals surface area contributed by atoms with Crippen LogP contribution in [0.5, 0.6) is 17.2 Å². The second-order valence-electron chi connectivity index (χ2n) is 12.2. The Morgan fingerprint density at radius 3 is 1.30 bits per heavy atom. The zero-order chi connectivity index (χ0) is 39.6. The van der Waals surface area contributed by atoms with Gasteiger partial charge in [-0.3, -0.25) is 0 Å². The molecular weight excluding hydrogens is 696 g/mol. The first-order valence-electron chi connectivity index (χ1n) is 16.0. The Kier molecular flexibility index (Phi) is 12.5. The molecule has 0 aromatic heterocycles. The molecule has 12 heteroatoms. The molecule has 0 unspecified atom stereocenters. The van der Waals surface area contributed by atoms with Crippen LogP contribution in [0.2, 0.25) is 0 Å². The van der Waals surface area contributed by atoms with Crippen molar-refractivity contribution in [3.05, 3.63) is 172 Å². The van der Waals surface area contributed by atoms with Crippen LogP contribution in [0.25, 0.3) is 10.8 Å². The summed E-state index contributed by atoms with van der Waals surface area (Å²) in [5, 5.41) is 54.9. The number of carboxylic acid groups (broad SMARTS) is 4. The number of carbonyl (C=O) groups excluding carboxylic acids is 1. The Hall–Kier alpha value is -7.47. The van der Waals surface area contributed by atoms with E-state index in [4.69, 9.17) is 25.2 Å². The quantitative estimate of drug-likeness (QED) is 0.0649. The summed E-state index contributed by atoms with van der Waals surface area (Å²) < 4.78 is 5.28. The van der Waals surface area contributed by atoms with Crippen molar-refractivity contribution in [2.45, 2.75) is 19.3 Å². The van der Waals surface area contributed by atoms with Gasteiger partial charge in [-0.15, -0.1) is 0 Å². The molecule has 0 spiro atoms. The third kappa shape index (κ3) is 10.3. The van der Waals surface area contributed by atoms with Crippen LogP contribution < -0.4 is 4.74 Å². The van der Waals surface area contributed by atoms with Gasteiger partial charge in [-0.1, -0.05) is 56.3 Å². The monoisotopic (exact) mass is 730 g/mol. The summed E-state index contributed by atoms with van der Waals surface area (Å²) in [7, 11) is 0. The van der Waals surface area contributed by atoms with Crippen LogP contribution in [0, 0.1) is 0 Å². The molecule has 6 rings (SSSR count). The van der Waals surface area contributed by atoms with Gasteiger partial charge in [0.25, 0.3) is 0 Å². The standard InChI is InChI=1S/C19H12O6.C15H16O2.C8H6O4/c20-17(21)11-1-3-12(4-2-11)19(24)25-16-8-7-13-9-15(18(22)23)6-5-14(13)10-16;1-15(2,11-3-7-13(16)8-4-11)12-5-9-14(17)10-6-12;9-7(10)5-2-1-3-6(4-5)8(11)12/h1-10H,(H,20,21)(H,22,23);3-10,16-17H,1-2H3;1-4H,(H,9,10)(H,11,12). The zero-order valence-corrected chi connectivity index (χ0v) is 28.8. The van der Waals surface area contributed by atoms with Crippen LogP contribution in [-0.2, 0) is 5.41 Å². The van der Waals surface area contributed by atoms with Gasteiger partial charge in [-0.2, -0.15) is 0 Å². The number of fused-ring (bicyclic) bond motifs is 1. The molecule has 274 valence electrons. The van der Waals surface area contributed by atoms with Crippen LogP contribution in [0.15, 0.2) is 133 Å². The number of hydrogen-bond acceptors (Lipinski definition) is 8. The van der Waals surface area contributed by atoms with E-state index in [0.717, 1.165) is 22.6 Å². The summed E-state index contributed by atoms with van der Waals surface area (Å²) in [6, 6.07) is 34.6. The van der Waals surface area contributed by atoms with Gasteiger partial charge >= 0.3 is 29.8 Å². The molecule has 0 heterocycles. The summed E-state index contributed by atoms with van der Waals surface area (Å²) in [6.07, 6.45) is 0. The Morgan fingerprint density at radius 2 is 0.833 bits per heavy atom. The molecule has 0 saturated heterocycles. The van der Waals surface area contributed by atoms with Gasteiger partial charge in [0, 0.05) is 5.41 Å². The number of phenols is 2. The highest BCUT2D eigenvalue weighted by molar-refractivity contribution is 5.96. The summed E-state index contributed by atoms with van der Waals surface area (Å²) in [6.45, 7) is 4.23. The first-order chi connectivity index (χ1) is 25.5. The highest BCUT2D eigenvalue weighted by atomic mass is 16.5. The summed E-state index contributed by atoms with van der Waals surface area (Å²) in [5.74, 6) is -4.10. The molecular formula is C42H34O12. The Balaban J connectivity index is 0.000000194. The van der Waals surface area contributed by atoms with Crippen molar-refractivity contribution in [3.63, 3.8) is 0 Å². The third-order valence-corrected chi connectivity index (χ3v) is 8.17. The van der Waals surface area contributed by atoms with Gasteiger partial charge in [0.2, 0.25) is 0 Å². The predicted octanol–water partition coefficient (Wildman–Crippen LogP) is 7.96. The topological polar surface area (TPSA) is 216 Å². The molecule has 0 aliphatic rings. The summed E-state index contributed by atoms with van der Waals surface area (Å²) in [4.78, 5) is 54.7. The number of hydrogen-bond donors (Lipinski definition) is 6. The van der Waals surface area contributed by atoms with Crippen LogP contribution in [0.3, 0.4) is 0 Å². The molecule has 0 bridgehead atoms. The lowest BCUT2D eigenvalue weighted by molar-refractivity contribution is 0.0680. The molecule has 0 radical (unpaired) electrons. The first kappa shape index (κ1) is 39.3. The van der Waals surface area contributed by atoms with Gasteiger partial charge in [0.05, 0.1) is 27.8 Å². The lowest BCUT2D eigenvalue weighted by Crippen LogP contribution is -2.18. The molecule has 0 fully saturated rings. The SMILES string of the molecule is CC(C)(c1ccc(O)cc1)c1ccc(O)cc1.O=C(O)c1ccc(C(=O)Oc2ccc3cc(C(=O)O)ccc3c2)cc1.O=C(O)c1cccc(C(=O)O)c1. The van der Waals surface area contributed by atoms with Crippen molar-refractivity contribution in [2.75, 3.05) is 0 Å². The molecule has 12 nitrogen and oxygen atoms in total. The number of carbonyl (C=O) groups is 5. The molecule has 6 aromatic carbocycles. The van der Waals surface area contributed by atoms with Crippen LogP contribution in [0.4, 0.5) is 0 Å². The molecule has 6 N–H and O–H groups in total. The Bertz CT molecular complexity index is 2230. The Morgan fingerprint density at radius 1 is 0.444 bits per heavy atom. The van der Waals surface area contributed by atoms with E-state index in [1.165, 1.54) is 54.6 Å². The van der Waals surface area contributed by atoms with E-state index >= 15 is 0 Å². The minimum atomic E-state index is -1.13. The molecule has 54 heavy (non-hydrogen) atoms. The predicted molar refractivity (Wildman–Crippen MR) is 198 cm³/mol. The third-order valence-electron chi connectivity index (χ3n) is 8.17. The second kappa shape index (κ2) is 17.2. The fraction of sp³-hybridized carbons (Fsp3) is 0.0714. The zero-order valence-electron chi connectivity index (χ0n) is 28.8. The van der Waals surface area contributed by atoms with Gasteiger partial charge in [-0.25, -0.2) is 24.0 Å². The minimum absolute atomic E-state index is 0.0186. The molecule has 0 amide bonds. The Labute approximate surface area is 308 Å². The van der Waals surface area contributed by atoms with Gasteiger partial charge < -0.3 is 35.4 Å². The van der Waals surface area contributed by atoms with E-state index in [1.807, 2.05) is 24.3 Å². The number of carboxylic acids is 4. The normalized spacial score (nSPS) is 10.5. The fourth-order valence-electron chi connectivity index (χ4n) is 5.04. The van der Waals surface area contributed by atoms with Gasteiger partial charge in [-0.05, 0) is 113 Å². The van der Waals surface area contributed by atoms with E-state index in [1.54, 1.807) is 48.5 Å². The van der Waals surface area contributed by atoms with Crippen molar-refractivity contribution in [3.8, 4) is 17.2 Å². The molecule has 6 aromatic rings. The van der Waals surface area contributed by atoms with E-state index < -0.39 is 29.8 Å². The maximum Gasteiger partial charge on any atom is 0.343 e. The average molecular weight is 731 g/mol. The van der Waals surface area contributed by atoms with E-state index in [9.17, 15) is 34.2 Å². The maximum absolute atomic E-state index is 12.1. The smallest absolute Gasteiger partial charge is 0.343 e. The molecule has 0 aliphatic carbocycles. The number of aromatic carboxylic acids is 4. The number of ether oxygens (including phenoxy) is 1. The van der Waals surface area contributed by atoms with Gasteiger partial charge in [0.15, 0.2) is 0 Å². The van der Waals surface area contributed by atoms with Crippen molar-refractivity contribution >= 4 is 40.6 Å². The van der Waals surface area contributed by atoms with E-state index in [2.05, 4.69) is 13.8 Å². The highest BCUT2D eigenvalue weighted by Gasteiger charge is 2.23. The van der Waals surface area contributed by atoms with Crippen molar-refractivity contribution in [1.82, 2.24) is 0 Å². The largest absolute Gasteiger partial charge is 0.508 e. The number of esters is 1. The van der Waals surface area contributed by atoms with Gasteiger partial charge in [0.1, 0.15) is 17.2 Å². The number of aromatic hydroxyl groups is 2. The second-order valence-corrected chi connectivity index (χ2v) is 12.2. The van der Waals surface area contributed by atoms with Crippen molar-refractivity contribution < 1.29 is 59.3 Å². The first-order valence-corrected chi connectivity index (χ1v) is 16.0. The number of rotatable bonds is 8. The fourth-order valence-corrected chi connectivity index (χ4v) is 5.04. The minimum Gasteiger partial charge on any atom is -0.508 e. The van der Waals surface area contributed by atoms with Crippen LogP contribution >= 0.6 is 0 Å². The summed E-state index contributed by atoms with van der Waals surface area (Å²) in [5.41, 5.74) is 2.55. The lowest BCUT2D eigenvalue weighted by atomic mass is 9.78. The molecule has 0 aliphatic heterocycles. The number of benzene rings is 6. The maximum atomic E-state index is 12.1.